The van der Waals surface area contributed by atoms with Crippen LogP contribution in [-0.4, -0.2) is 22.1 Å². The third-order valence-electron chi connectivity index (χ3n) is 3.20. The van der Waals surface area contributed by atoms with Crippen LogP contribution >= 0.6 is 11.6 Å². The first-order valence-corrected chi connectivity index (χ1v) is 7.21. The highest BCUT2D eigenvalue weighted by Gasteiger charge is 2.24. The highest BCUT2D eigenvalue weighted by molar-refractivity contribution is 6.30. The lowest BCUT2D eigenvalue weighted by atomic mass is 10.2. The zero-order valence-electron chi connectivity index (χ0n) is 11.3. The van der Waals surface area contributed by atoms with Crippen LogP contribution in [0.3, 0.4) is 0 Å². The number of anilines is 1. The van der Waals surface area contributed by atoms with Gasteiger partial charge in [0.25, 0.3) is 5.91 Å². The summed E-state index contributed by atoms with van der Waals surface area (Å²) in [6.45, 7) is 0.624. The van der Waals surface area contributed by atoms with Crippen molar-refractivity contribution >= 4 is 23.3 Å². The van der Waals surface area contributed by atoms with Crippen molar-refractivity contribution in [1.29, 1.82) is 0 Å². The Morgan fingerprint density at radius 2 is 1.90 bits per heavy atom. The van der Waals surface area contributed by atoms with E-state index in [1.54, 1.807) is 12.1 Å². The fourth-order valence-electron chi connectivity index (χ4n) is 1.83. The van der Waals surface area contributed by atoms with Crippen LogP contribution in [0, 0.1) is 0 Å². The lowest BCUT2D eigenvalue weighted by Crippen LogP contribution is -2.26. The first kappa shape index (κ1) is 13.8. The van der Waals surface area contributed by atoms with Gasteiger partial charge in [0.15, 0.2) is 5.69 Å². The minimum atomic E-state index is -0.158. The van der Waals surface area contributed by atoms with Crippen molar-refractivity contribution in [3.63, 3.8) is 0 Å². The molecule has 0 spiro atoms. The fourth-order valence-corrected chi connectivity index (χ4v) is 1.96. The van der Waals surface area contributed by atoms with Crippen LogP contribution in [-0.2, 0) is 6.54 Å². The quantitative estimate of drug-likeness (QED) is 0.891. The molecule has 1 saturated carbocycles. The fraction of sp³-hybridized carbons (Fsp3) is 0.267. The Morgan fingerprint density at radius 1 is 1.14 bits per heavy atom. The smallest absolute Gasteiger partial charge is 0.272 e. The number of carbonyl (C=O) groups is 1. The van der Waals surface area contributed by atoms with Gasteiger partial charge in [0.1, 0.15) is 5.82 Å². The van der Waals surface area contributed by atoms with Gasteiger partial charge >= 0.3 is 0 Å². The zero-order chi connectivity index (χ0) is 14.7. The van der Waals surface area contributed by atoms with Gasteiger partial charge in [-0.05, 0) is 42.7 Å². The molecular weight excluding hydrogens is 288 g/mol. The third kappa shape index (κ3) is 3.92. The van der Waals surface area contributed by atoms with Crippen molar-refractivity contribution in [2.75, 3.05) is 5.32 Å². The first-order valence-electron chi connectivity index (χ1n) is 6.83. The van der Waals surface area contributed by atoms with Crippen LogP contribution in [0.1, 0.15) is 28.9 Å². The highest BCUT2D eigenvalue weighted by atomic mass is 35.5. The van der Waals surface area contributed by atoms with E-state index in [1.807, 2.05) is 24.3 Å². The summed E-state index contributed by atoms with van der Waals surface area (Å²) < 4.78 is 0. The van der Waals surface area contributed by atoms with E-state index in [2.05, 4.69) is 20.8 Å². The topological polar surface area (TPSA) is 66.9 Å². The second kappa shape index (κ2) is 6.10. The number of hydrogen-bond donors (Lipinski definition) is 2. The molecule has 1 aliphatic rings. The molecule has 0 unspecified atom stereocenters. The van der Waals surface area contributed by atoms with Crippen molar-refractivity contribution < 1.29 is 4.79 Å². The number of carbonyl (C=O) groups excluding carboxylic acids is 1. The molecule has 1 aromatic carbocycles. The second-order valence-electron chi connectivity index (χ2n) is 5.03. The number of benzene rings is 1. The molecule has 0 radical (unpaired) electrons. The van der Waals surface area contributed by atoms with Crippen LogP contribution in [0.2, 0.25) is 5.02 Å². The standard InChI is InChI=1S/C15H15ClN4O/c16-11-3-1-10(2-4-11)9-17-14-8-7-13(19-20-14)15(21)18-12-5-6-12/h1-4,7-8,12H,5-6,9H2,(H,17,20)(H,18,21). The minimum Gasteiger partial charge on any atom is -0.365 e. The SMILES string of the molecule is O=C(NC1CC1)c1ccc(NCc2ccc(Cl)cc2)nn1. The number of nitrogens with one attached hydrogen (secondary N) is 2. The van der Waals surface area contributed by atoms with Crippen molar-refractivity contribution in [3.8, 4) is 0 Å². The second-order valence-corrected chi connectivity index (χ2v) is 5.47. The van der Waals surface area contributed by atoms with E-state index >= 15 is 0 Å². The number of rotatable bonds is 5. The van der Waals surface area contributed by atoms with Crippen LogP contribution in [0.25, 0.3) is 0 Å². The van der Waals surface area contributed by atoms with Gasteiger partial charge in [0, 0.05) is 17.6 Å². The van der Waals surface area contributed by atoms with E-state index < -0.39 is 0 Å². The van der Waals surface area contributed by atoms with Gasteiger partial charge in [0.05, 0.1) is 0 Å². The first-order chi connectivity index (χ1) is 10.2. The number of amides is 1. The van der Waals surface area contributed by atoms with Crippen molar-refractivity contribution in [2.45, 2.75) is 25.4 Å². The summed E-state index contributed by atoms with van der Waals surface area (Å²) in [5, 5.41) is 14.7. The molecule has 6 heteroatoms. The van der Waals surface area contributed by atoms with Gasteiger partial charge in [-0.3, -0.25) is 4.79 Å². The maximum absolute atomic E-state index is 11.8. The van der Waals surface area contributed by atoms with E-state index in [9.17, 15) is 4.79 Å². The van der Waals surface area contributed by atoms with E-state index in [-0.39, 0.29) is 5.91 Å². The number of aromatic nitrogens is 2. The molecule has 1 heterocycles. The van der Waals surface area contributed by atoms with E-state index in [1.165, 1.54) is 0 Å². The molecule has 108 valence electrons. The Kier molecular flexibility index (Phi) is 4.01. The lowest BCUT2D eigenvalue weighted by molar-refractivity contribution is 0.0945. The number of halogens is 1. The molecule has 3 rings (SSSR count). The number of hydrogen-bond acceptors (Lipinski definition) is 4. The Hall–Kier alpha value is -2.14. The normalized spacial score (nSPS) is 13.8. The molecule has 0 saturated heterocycles. The summed E-state index contributed by atoms with van der Waals surface area (Å²) in [5.41, 5.74) is 1.44. The highest BCUT2D eigenvalue weighted by Crippen LogP contribution is 2.19. The predicted molar refractivity (Wildman–Crippen MR) is 81.3 cm³/mol. The molecule has 0 atom stereocenters. The molecule has 1 aliphatic carbocycles. The molecule has 0 bridgehead atoms. The molecule has 0 aliphatic heterocycles. The molecule has 2 aromatic rings. The van der Waals surface area contributed by atoms with E-state index in [4.69, 9.17) is 11.6 Å². The van der Waals surface area contributed by atoms with E-state index in [0.717, 1.165) is 18.4 Å². The van der Waals surface area contributed by atoms with Gasteiger partial charge in [-0.2, -0.15) is 0 Å². The van der Waals surface area contributed by atoms with Crippen LogP contribution < -0.4 is 10.6 Å². The van der Waals surface area contributed by atoms with Crippen molar-refractivity contribution in [1.82, 2.24) is 15.5 Å². The molecule has 1 aromatic heterocycles. The van der Waals surface area contributed by atoms with Crippen LogP contribution in [0.4, 0.5) is 5.82 Å². The molecule has 1 amide bonds. The van der Waals surface area contributed by atoms with Gasteiger partial charge in [0.2, 0.25) is 0 Å². The Labute approximate surface area is 127 Å². The summed E-state index contributed by atoms with van der Waals surface area (Å²) in [6.07, 6.45) is 2.11. The number of nitrogens with zero attached hydrogens (tertiary/aromatic N) is 2. The molecular formula is C15H15ClN4O. The van der Waals surface area contributed by atoms with Gasteiger partial charge in [-0.15, -0.1) is 10.2 Å². The molecule has 5 nitrogen and oxygen atoms in total. The van der Waals surface area contributed by atoms with Crippen molar-refractivity contribution in [2.24, 2.45) is 0 Å². The summed E-state index contributed by atoms with van der Waals surface area (Å²) in [4.78, 5) is 11.8. The predicted octanol–water partition coefficient (Wildman–Crippen LogP) is 2.63. The molecule has 2 N–H and O–H groups in total. The van der Waals surface area contributed by atoms with Crippen LogP contribution in [0.5, 0.6) is 0 Å². The van der Waals surface area contributed by atoms with E-state index in [0.29, 0.717) is 29.1 Å². The average molecular weight is 303 g/mol. The monoisotopic (exact) mass is 302 g/mol. The van der Waals surface area contributed by atoms with Crippen molar-refractivity contribution in [3.05, 3.63) is 52.7 Å². The maximum Gasteiger partial charge on any atom is 0.272 e. The summed E-state index contributed by atoms with van der Waals surface area (Å²) in [7, 11) is 0. The molecule has 21 heavy (non-hydrogen) atoms. The summed E-state index contributed by atoms with van der Waals surface area (Å²) in [6, 6.07) is 11.3. The third-order valence-corrected chi connectivity index (χ3v) is 3.45. The minimum absolute atomic E-state index is 0.158. The van der Waals surface area contributed by atoms with Crippen LogP contribution in [0.15, 0.2) is 36.4 Å². The molecule has 1 fully saturated rings. The maximum atomic E-state index is 11.8. The summed E-state index contributed by atoms with van der Waals surface area (Å²) >= 11 is 5.84. The van der Waals surface area contributed by atoms with Gasteiger partial charge in [-0.25, -0.2) is 0 Å². The Morgan fingerprint density at radius 3 is 2.52 bits per heavy atom. The Balaban J connectivity index is 1.56. The van der Waals surface area contributed by atoms with Gasteiger partial charge < -0.3 is 10.6 Å². The lowest BCUT2D eigenvalue weighted by Gasteiger charge is -2.06. The Bertz CT molecular complexity index is 623. The van der Waals surface area contributed by atoms with Gasteiger partial charge in [-0.1, -0.05) is 23.7 Å². The average Bonchev–Trinajstić information content (AvgIpc) is 3.31. The zero-order valence-corrected chi connectivity index (χ0v) is 12.1. The largest absolute Gasteiger partial charge is 0.365 e. The summed E-state index contributed by atoms with van der Waals surface area (Å²) in [5.74, 6) is 0.474.